The van der Waals surface area contributed by atoms with Crippen molar-refractivity contribution in [3.05, 3.63) is 59.2 Å². The Morgan fingerprint density at radius 1 is 1.16 bits per heavy atom. The van der Waals surface area contributed by atoms with Crippen LogP contribution in [0, 0.1) is 6.92 Å². The summed E-state index contributed by atoms with van der Waals surface area (Å²) < 4.78 is 5.59. The molecule has 2 aromatic rings. The van der Waals surface area contributed by atoms with E-state index in [9.17, 15) is 9.59 Å². The third kappa shape index (κ3) is 4.51. The van der Waals surface area contributed by atoms with Crippen LogP contribution in [0.3, 0.4) is 0 Å². The first-order valence-corrected chi connectivity index (χ1v) is 10.9. The van der Waals surface area contributed by atoms with E-state index < -0.39 is 0 Å². The van der Waals surface area contributed by atoms with E-state index in [2.05, 4.69) is 21.6 Å². The molecule has 2 aliphatic rings. The molecule has 4 rings (SSSR count). The number of carbonyl (C=O) groups is 2. The van der Waals surface area contributed by atoms with Gasteiger partial charge in [-0.15, -0.1) is 0 Å². The van der Waals surface area contributed by atoms with Crippen molar-refractivity contribution in [1.29, 1.82) is 0 Å². The van der Waals surface area contributed by atoms with Gasteiger partial charge in [0.05, 0.1) is 13.2 Å². The van der Waals surface area contributed by atoms with Crippen molar-refractivity contribution in [3.8, 4) is 5.75 Å². The van der Waals surface area contributed by atoms with Crippen molar-refractivity contribution in [2.45, 2.75) is 25.8 Å². The van der Waals surface area contributed by atoms with E-state index in [0.717, 1.165) is 35.7 Å². The van der Waals surface area contributed by atoms with Gasteiger partial charge in [-0.1, -0.05) is 18.2 Å². The van der Waals surface area contributed by atoms with Gasteiger partial charge in [0.2, 0.25) is 0 Å². The molecule has 2 N–H and O–H groups in total. The highest BCUT2D eigenvalue weighted by atomic mass is 16.5. The molecule has 0 saturated carbocycles. The summed E-state index contributed by atoms with van der Waals surface area (Å²) in [6, 6.07) is 13.5. The molecule has 2 saturated heterocycles. The average Bonchev–Trinajstić information content (AvgIpc) is 3.46. The number of para-hydroxylation sites is 1. The lowest BCUT2D eigenvalue weighted by Gasteiger charge is -2.29. The summed E-state index contributed by atoms with van der Waals surface area (Å²) in [6.45, 7) is 5.76. The first kappa shape index (κ1) is 21.2. The van der Waals surface area contributed by atoms with Crippen LogP contribution in [0.25, 0.3) is 0 Å². The number of carbonyl (C=O) groups excluding carboxylic acids is 2. The predicted molar refractivity (Wildman–Crippen MR) is 121 cm³/mol. The van der Waals surface area contributed by atoms with E-state index in [0.29, 0.717) is 25.2 Å². The summed E-state index contributed by atoms with van der Waals surface area (Å²) in [5, 5.41) is 5.93. The van der Waals surface area contributed by atoms with Gasteiger partial charge in [0.15, 0.2) is 0 Å². The molecule has 0 aliphatic carbocycles. The largest absolute Gasteiger partial charge is 0.496 e. The molecule has 7 heteroatoms. The molecule has 0 radical (unpaired) electrons. The normalized spacial score (nSPS) is 17.5. The van der Waals surface area contributed by atoms with Crippen LogP contribution < -0.4 is 20.3 Å². The smallest absolute Gasteiger partial charge is 0.322 e. The Morgan fingerprint density at radius 3 is 2.61 bits per heavy atom. The maximum atomic E-state index is 12.9. The Bertz CT molecular complexity index is 956. The molecule has 2 aromatic carbocycles. The van der Waals surface area contributed by atoms with Crippen LogP contribution in [-0.2, 0) is 0 Å². The van der Waals surface area contributed by atoms with Crippen molar-refractivity contribution in [1.82, 2.24) is 15.5 Å². The second kappa shape index (κ2) is 9.39. The van der Waals surface area contributed by atoms with Crippen LogP contribution in [0.15, 0.2) is 42.5 Å². The van der Waals surface area contributed by atoms with Crippen LogP contribution in [0.5, 0.6) is 5.75 Å². The minimum Gasteiger partial charge on any atom is -0.496 e. The summed E-state index contributed by atoms with van der Waals surface area (Å²) in [7, 11) is 1.68. The fraction of sp³-hybridized carbons (Fsp3) is 0.417. The van der Waals surface area contributed by atoms with E-state index in [1.54, 1.807) is 18.1 Å². The van der Waals surface area contributed by atoms with Gasteiger partial charge >= 0.3 is 6.03 Å². The number of ether oxygens (including phenoxy) is 1. The Labute approximate surface area is 183 Å². The third-order valence-corrected chi connectivity index (χ3v) is 6.14. The van der Waals surface area contributed by atoms with Crippen molar-refractivity contribution in [2.24, 2.45) is 0 Å². The summed E-state index contributed by atoms with van der Waals surface area (Å²) in [6.07, 6.45) is 2.34. The summed E-state index contributed by atoms with van der Waals surface area (Å²) >= 11 is 0. The number of hydrogen-bond acceptors (Lipinski definition) is 4. The summed E-state index contributed by atoms with van der Waals surface area (Å²) in [4.78, 5) is 29.0. The number of amides is 3. The maximum Gasteiger partial charge on any atom is 0.322 e. The highest BCUT2D eigenvalue weighted by Crippen LogP contribution is 2.31. The number of likely N-dealkylation sites (tertiary alicyclic amines) is 1. The SMILES string of the molecule is COc1ccccc1C(CNC(=O)c1ccc(N2CCNC2=O)c(C)c1)N1CCCC1. The number of anilines is 1. The molecule has 0 bridgehead atoms. The van der Waals surface area contributed by atoms with E-state index in [4.69, 9.17) is 4.74 Å². The standard InChI is InChI=1S/C24H30N4O3/c1-17-15-18(9-10-20(17)28-14-11-25-24(28)30)23(29)26-16-21(27-12-5-6-13-27)19-7-3-4-8-22(19)31-2/h3-4,7-10,15,21H,5-6,11-14,16H2,1-2H3,(H,25,30)(H,26,29). The van der Waals surface area contributed by atoms with Gasteiger partial charge < -0.3 is 15.4 Å². The highest BCUT2D eigenvalue weighted by Gasteiger charge is 2.27. The molecular weight excluding hydrogens is 392 g/mol. The Morgan fingerprint density at radius 2 is 1.94 bits per heavy atom. The van der Waals surface area contributed by atoms with Gasteiger partial charge in [-0.05, 0) is 62.7 Å². The molecule has 7 nitrogen and oxygen atoms in total. The zero-order valence-electron chi connectivity index (χ0n) is 18.2. The summed E-state index contributed by atoms with van der Waals surface area (Å²) in [5.41, 5.74) is 3.45. The van der Waals surface area contributed by atoms with Crippen molar-refractivity contribution >= 4 is 17.6 Å². The van der Waals surface area contributed by atoms with Crippen LogP contribution >= 0.6 is 0 Å². The average molecular weight is 423 g/mol. The fourth-order valence-electron chi connectivity index (χ4n) is 4.52. The molecule has 1 unspecified atom stereocenters. The topological polar surface area (TPSA) is 73.9 Å². The van der Waals surface area contributed by atoms with Crippen molar-refractivity contribution in [2.75, 3.05) is 44.7 Å². The van der Waals surface area contributed by atoms with Crippen LogP contribution in [0.2, 0.25) is 0 Å². The zero-order valence-corrected chi connectivity index (χ0v) is 18.2. The van der Waals surface area contributed by atoms with E-state index in [1.807, 2.05) is 37.3 Å². The Hall–Kier alpha value is -3.06. The number of nitrogens with zero attached hydrogens (tertiary/aromatic N) is 2. The Balaban J connectivity index is 1.49. The lowest BCUT2D eigenvalue weighted by Crippen LogP contribution is -2.37. The van der Waals surface area contributed by atoms with Gasteiger partial charge in [0, 0.05) is 36.4 Å². The van der Waals surface area contributed by atoms with E-state index >= 15 is 0 Å². The zero-order chi connectivity index (χ0) is 21.8. The predicted octanol–water partition coefficient (Wildman–Crippen LogP) is 3.10. The van der Waals surface area contributed by atoms with Crippen molar-refractivity contribution < 1.29 is 14.3 Å². The third-order valence-electron chi connectivity index (χ3n) is 6.14. The molecule has 3 amide bonds. The molecular formula is C24H30N4O3. The second-order valence-corrected chi connectivity index (χ2v) is 8.10. The first-order chi connectivity index (χ1) is 15.1. The number of benzene rings is 2. The van der Waals surface area contributed by atoms with Gasteiger partial charge in [-0.3, -0.25) is 14.6 Å². The summed E-state index contributed by atoms with van der Waals surface area (Å²) in [5.74, 6) is 0.734. The molecule has 31 heavy (non-hydrogen) atoms. The number of nitrogens with one attached hydrogen (secondary N) is 2. The van der Waals surface area contributed by atoms with Crippen LogP contribution in [0.4, 0.5) is 10.5 Å². The van der Waals surface area contributed by atoms with E-state index in [1.165, 1.54) is 12.8 Å². The van der Waals surface area contributed by atoms with Crippen molar-refractivity contribution in [3.63, 3.8) is 0 Å². The second-order valence-electron chi connectivity index (χ2n) is 8.10. The van der Waals surface area contributed by atoms with Crippen LogP contribution in [0.1, 0.15) is 40.4 Å². The number of rotatable bonds is 7. The van der Waals surface area contributed by atoms with Gasteiger partial charge in [0.1, 0.15) is 5.75 Å². The highest BCUT2D eigenvalue weighted by molar-refractivity contribution is 5.97. The molecule has 0 spiro atoms. The molecule has 2 heterocycles. The minimum absolute atomic E-state index is 0.0660. The fourth-order valence-corrected chi connectivity index (χ4v) is 4.52. The monoisotopic (exact) mass is 422 g/mol. The molecule has 2 aliphatic heterocycles. The lowest BCUT2D eigenvalue weighted by molar-refractivity contribution is 0.0937. The molecule has 2 fully saturated rings. The van der Waals surface area contributed by atoms with Gasteiger partial charge in [-0.2, -0.15) is 0 Å². The van der Waals surface area contributed by atoms with Gasteiger partial charge in [0.25, 0.3) is 5.91 Å². The van der Waals surface area contributed by atoms with Gasteiger partial charge in [-0.25, -0.2) is 4.79 Å². The Kier molecular flexibility index (Phi) is 6.42. The first-order valence-electron chi connectivity index (χ1n) is 10.9. The van der Waals surface area contributed by atoms with E-state index in [-0.39, 0.29) is 18.0 Å². The molecule has 0 aromatic heterocycles. The number of methoxy groups -OCH3 is 1. The van der Waals surface area contributed by atoms with Crippen LogP contribution in [-0.4, -0.2) is 56.7 Å². The number of hydrogen-bond donors (Lipinski definition) is 2. The number of urea groups is 1. The quantitative estimate of drug-likeness (QED) is 0.719. The molecule has 1 atom stereocenters. The molecule has 164 valence electrons. The number of aryl methyl sites for hydroxylation is 1. The minimum atomic E-state index is -0.111. The lowest BCUT2D eigenvalue weighted by atomic mass is 10.0. The maximum absolute atomic E-state index is 12.9.